The molecule has 0 unspecified atom stereocenters. The maximum absolute atomic E-state index is 11.8. The Bertz CT molecular complexity index is 461. The first-order chi connectivity index (χ1) is 9.42. The lowest BCUT2D eigenvalue weighted by Gasteiger charge is -2.14. The van der Waals surface area contributed by atoms with E-state index in [-0.39, 0.29) is 30.8 Å². The molecule has 0 saturated heterocycles. The van der Waals surface area contributed by atoms with Gasteiger partial charge in [-0.15, -0.1) is 0 Å². The van der Waals surface area contributed by atoms with E-state index in [1.54, 1.807) is 13.8 Å². The highest BCUT2D eigenvalue weighted by atomic mass is 16.6. The molecule has 0 saturated carbocycles. The Balaban J connectivity index is 2.95. The van der Waals surface area contributed by atoms with Crippen molar-refractivity contribution >= 4 is 23.8 Å². The van der Waals surface area contributed by atoms with Gasteiger partial charge in [0.1, 0.15) is 0 Å². The molecule has 1 heterocycles. The van der Waals surface area contributed by atoms with Crippen molar-refractivity contribution in [2.75, 3.05) is 13.2 Å². The number of imide groups is 1. The number of esters is 2. The monoisotopic (exact) mass is 283 g/mol. The minimum absolute atomic E-state index is 0.109. The van der Waals surface area contributed by atoms with Crippen LogP contribution < -0.4 is 5.32 Å². The number of rotatable bonds is 6. The van der Waals surface area contributed by atoms with Crippen LogP contribution in [0, 0.1) is 5.92 Å². The highest BCUT2D eigenvalue weighted by Crippen LogP contribution is 2.22. The summed E-state index contributed by atoms with van der Waals surface area (Å²) >= 11 is 0. The first kappa shape index (κ1) is 15.9. The summed E-state index contributed by atoms with van der Waals surface area (Å²) < 4.78 is 9.60. The predicted octanol–water partition coefficient (Wildman–Crippen LogP) is 0.0918. The van der Waals surface area contributed by atoms with Gasteiger partial charge in [0.05, 0.1) is 13.2 Å². The molecule has 0 aliphatic carbocycles. The second-order valence-corrected chi connectivity index (χ2v) is 4.15. The maximum Gasteiger partial charge on any atom is 0.320 e. The van der Waals surface area contributed by atoms with Crippen LogP contribution in [0.3, 0.4) is 0 Å². The molecule has 7 nitrogen and oxygen atoms in total. The van der Waals surface area contributed by atoms with Gasteiger partial charge in [0.15, 0.2) is 5.92 Å². The molecule has 1 rings (SSSR count). The van der Waals surface area contributed by atoms with Crippen LogP contribution in [-0.2, 0) is 28.7 Å². The Morgan fingerprint density at radius 3 is 1.90 bits per heavy atom. The molecule has 7 heteroatoms. The summed E-state index contributed by atoms with van der Waals surface area (Å²) in [5.41, 5.74) is 0.315. The van der Waals surface area contributed by atoms with E-state index < -0.39 is 29.7 Å². The molecular formula is C13H17NO6. The van der Waals surface area contributed by atoms with Gasteiger partial charge in [-0.1, -0.05) is 0 Å². The smallest absolute Gasteiger partial charge is 0.320 e. The number of nitrogens with one attached hydrogen (secondary N) is 1. The van der Waals surface area contributed by atoms with Gasteiger partial charge in [0.25, 0.3) is 11.8 Å². The molecule has 0 fully saturated rings. The molecule has 1 N–H and O–H groups in total. The summed E-state index contributed by atoms with van der Waals surface area (Å²) in [6.45, 7) is 4.89. The Kier molecular flexibility index (Phi) is 5.42. The van der Waals surface area contributed by atoms with Gasteiger partial charge < -0.3 is 9.47 Å². The molecule has 2 amide bonds. The molecule has 110 valence electrons. The average molecular weight is 283 g/mol. The lowest BCUT2D eigenvalue weighted by atomic mass is 9.97. The zero-order chi connectivity index (χ0) is 15.3. The van der Waals surface area contributed by atoms with Crippen LogP contribution in [-0.4, -0.2) is 37.0 Å². The van der Waals surface area contributed by atoms with Crippen molar-refractivity contribution in [3.05, 3.63) is 11.1 Å². The van der Waals surface area contributed by atoms with E-state index in [1.165, 1.54) is 6.92 Å². The summed E-state index contributed by atoms with van der Waals surface area (Å²) in [5.74, 6) is -3.88. The number of hydrogen-bond donors (Lipinski definition) is 1. The Morgan fingerprint density at radius 1 is 1.05 bits per heavy atom. The van der Waals surface area contributed by atoms with Gasteiger partial charge in [-0.25, -0.2) is 0 Å². The van der Waals surface area contributed by atoms with E-state index in [0.717, 1.165) is 0 Å². The van der Waals surface area contributed by atoms with Gasteiger partial charge in [-0.2, -0.15) is 0 Å². The van der Waals surface area contributed by atoms with E-state index in [0.29, 0.717) is 0 Å². The number of amides is 2. The first-order valence-corrected chi connectivity index (χ1v) is 6.31. The quantitative estimate of drug-likeness (QED) is 0.421. The van der Waals surface area contributed by atoms with Crippen LogP contribution in [0.25, 0.3) is 0 Å². The van der Waals surface area contributed by atoms with Gasteiger partial charge in [-0.3, -0.25) is 24.5 Å². The number of ether oxygens (including phenoxy) is 2. The Morgan fingerprint density at radius 2 is 1.55 bits per heavy atom. The van der Waals surface area contributed by atoms with Crippen molar-refractivity contribution in [1.82, 2.24) is 5.32 Å². The Labute approximate surface area is 116 Å². The standard InChI is InChI=1S/C13H17NO6/c1-4-19-12(17)9(13(18)20-5-2)6-8-7(3)10(15)14-11(8)16/h9H,4-6H2,1-3H3,(H,14,15,16). The van der Waals surface area contributed by atoms with Crippen LogP contribution in [0.1, 0.15) is 27.2 Å². The molecule has 0 aromatic carbocycles. The van der Waals surface area contributed by atoms with E-state index in [9.17, 15) is 19.2 Å². The second-order valence-electron chi connectivity index (χ2n) is 4.15. The van der Waals surface area contributed by atoms with Crippen molar-refractivity contribution in [1.29, 1.82) is 0 Å². The number of hydrogen-bond acceptors (Lipinski definition) is 6. The van der Waals surface area contributed by atoms with Crippen LogP contribution in [0.4, 0.5) is 0 Å². The topological polar surface area (TPSA) is 98.8 Å². The van der Waals surface area contributed by atoms with Crippen molar-refractivity contribution in [2.45, 2.75) is 27.2 Å². The molecule has 1 aliphatic heterocycles. The lowest BCUT2D eigenvalue weighted by molar-refractivity contribution is -0.161. The lowest BCUT2D eigenvalue weighted by Crippen LogP contribution is -2.30. The fourth-order valence-electron chi connectivity index (χ4n) is 1.78. The van der Waals surface area contributed by atoms with Gasteiger partial charge in [-0.05, 0) is 20.8 Å². The molecule has 0 aromatic heterocycles. The average Bonchev–Trinajstić information content (AvgIpc) is 2.61. The van der Waals surface area contributed by atoms with Crippen molar-refractivity contribution in [3.8, 4) is 0 Å². The molecular weight excluding hydrogens is 266 g/mol. The summed E-state index contributed by atoms with van der Waals surface area (Å²) in [6.07, 6.45) is -0.207. The zero-order valence-corrected chi connectivity index (χ0v) is 11.6. The van der Waals surface area contributed by atoms with Crippen molar-refractivity contribution in [3.63, 3.8) is 0 Å². The van der Waals surface area contributed by atoms with Gasteiger partial charge in [0, 0.05) is 17.6 Å². The van der Waals surface area contributed by atoms with E-state index in [1.807, 2.05) is 0 Å². The van der Waals surface area contributed by atoms with Crippen LogP contribution in [0.5, 0.6) is 0 Å². The van der Waals surface area contributed by atoms with Gasteiger partial charge in [0.2, 0.25) is 0 Å². The SMILES string of the molecule is CCOC(=O)C(CC1=C(C)C(=O)NC1=O)C(=O)OCC. The molecule has 20 heavy (non-hydrogen) atoms. The third-order valence-electron chi connectivity index (χ3n) is 2.84. The highest BCUT2D eigenvalue weighted by molar-refractivity contribution is 6.19. The summed E-state index contributed by atoms with van der Waals surface area (Å²) in [7, 11) is 0. The molecule has 0 aromatic rings. The fourth-order valence-corrected chi connectivity index (χ4v) is 1.78. The fraction of sp³-hybridized carbons (Fsp3) is 0.538. The van der Waals surface area contributed by atoms with Crippen molar-refractivity contribution < 1.29 is 28.7 Å². The summed E-state index contributed by atoms with van der Waals surface area (Å²) in [5, 5.41) is 2.11. The predicted molar refractivity (Wildman–Crippen MR) is 67.2 cm³/mol. The van der Waals surface area contributed by atoms with Crippen LogP contribution >= 0.6 is 0 Å². The minimum Gasteiger partial charge on any atom is -0.465 e. The van der Waals surface area contributed by atoms with Crippen LogP contribution in [0.15, 0.2) is 11.1 Å². The van der Waals surface area contributed by atoms with E-state index in [2.05, 4.69) is 5.32 Å². The molecule has 0 bridgehead atoms. The third-order valence-corrected chi connectivity index (χ3v) is 2.84. The van der Waals surface area contributed by atoms with Gasteiger partial charge >= 0.3 is 11.9 Å². The van der Waals surface area contributed by atoms with Crippen LogP contribution in [0.2, 0.25) is 0 Å². The molecule has 0 atom stereocenters. The maximum atomic E-state index is 11.8. The number of carbonyl (C=O) groups is 4. The normalized spacial score (nSPS) is 14.6. The largest absolute Gasteiger partial charge is 0.465 e. The highest BCUT2D eigenvalue weighted by Gasteiger charge is 2.36. The Hall–Kier alpha value is -2.18. The first-order valence-electron chi connectivity index (χ1n) is 6.31. The molecule has 0 spiro atoms. The molecule has 0 radical (unpaired) electrons. The summed E-state index contributed by atoms with van der Waals surface area (Å²) in [6, 6.07) is 0. The van der Waals surface area contributed by atoms with E-state index >= 15 is 0 Å². The summed E-state index contributed by atoms with van der Waals surface area (Å²) in [4.78, 5) is 46.5. The zero-order valence-electron chi connectivity index (χ0n) is 11.6. The molecule has 1 aliphatic rings. The third kappa shape index (κ3) is 3.43. The van der Waals surface area contributed by atoms with E-state index in [4.69, 9.17) is 9.47 Å². The second kappa shape index (κ2) is 6.83. The number of carbonyl (C=O) groups excluding carboxylic acids is 4. The van der Waals surface area contributed by atoms with Crippen molar-refractivity contribution in [2.24, 2.45) is 5.92 Å². The minimum atomic E-state index is -1.24.